The van der Waals surface area contributed by atoms with Crippen molar-refractivity contribution in [2.24, 2.45) is 0 Å². The smallest absolute Gasteiger partial charge is 0.130 e. The molecule has 2 nitrogen and oxygen atoms in total. The molecule has 2 rings (SSSR count). The van der Waals surface area contributed by atoms with Gasteiger partial charge in [-0.05, 0) is 32.4 Å². The van der Waals surface area contributed by atoms with Crippen LogP contribution in [0.1, 0.15) is 38.7 Å². The number of ketones is 1. The zero-order valence-electron chi connectivity index (χ0n) is 11.2. The van der Waals surface area contributed by atoms with E-state index in [0.29, 0.717) is 6.42 Å². The number of Topliss-reactive ketones (excluding diaryl/α,β-unsaturated/α-hetero) is 1. The second kappa shape index (κ2) is 5.21. The molecule has 1 N–H and O–H groups in total. The van der Waals surface area contributed by atoms with Gasteiger partial charge in [0.05, 0.1) is 0 Å². The van der Waals surface area contributed by atoms with Crippen LogP contribution in [0.2, 0.25) is 0 Å². The van der Waals surface area contributed by atoms with Crippen LogP contribution in [0.5, 0.6) is 0 Å². The highest BCUT2D eigenvalue weighted by Gasteiger charge is 2.18. The fourth-order valence-corrected chi connectivity index (χ4v) is 2.39. The number of H-pyrrole nitrogens is 1. The van der Waals surface area contributed by atoms with Gasteiger partial charge in [0.15, 0.2) is 0 Å². The Morgan fingerprint density at radius 2 is 2.06 bits per heavy atom. The quantitative estimate of drug-likeness (QED) is 0.800. The first-order valence-electron chi connectivity index (χ1n) is 6.31. The fourth-order valence-electron chi connectivity index (χ4n) is 2.39. The summed E-state index contributed by atoms with van der Waals surface area (Å²) in [6, 6.07) is 8.23. The predicted octanol–water partition coefficient (Wildman–Crippen LogP) is 4.20. The minimum absolute atomic E-state index is 0.184. The van der Waals surface area contributed by atoms with Crippen LogP contribution in [-0.4, -0.2) is 10.8 Å². The molecule has 0 aliphatic heterocycles. The molecule has 0 aliphatic carbocycles. The molecule has 18 heavy (non-hydrogen) atoms. The number of benzene rings is 1. The van der Waals surface area contributed by atoms with Crippen LogP contribution in [0.25, 0.3) is 10.9 Å². The predicted molar refractivity (Wildman–Crippen MR) is 75.8 cm³/mol. The van der Waals surface area contributed by atoms with E-state index in [-0.39, 0.29) is 11.7 Å². The molecule has 0 saturated heterocycles. The van der Waals surface area contributed by atoms with Crippen LogP contribution in [0.15, 0.2) is 42.1 Å². The molecule has 0 unspecified atom stereocenters. The molecule has 0 saturated carbocycles. The Labute approximate surface area is 108 Å². The van der Waals surface area contributed by atoms with E-state index in [2.05, 4.69) is 30.1 Å². The standard InChI is InChI=1S/C16H19NO/c1-4-11(2)14(9-12(3)18)15-10-17-16-8-6-5-7-13(15)16/h4-8,10,14,17H,9H2,1-3H3/b11-4+/t14-/m0/s1. The summed E-state index contributed by atoms with van der Waals surface area (Å²) >= 11 is 0. The van der Waals surface area contributed by atoms with Gasteiger partial charge in [-0.1, -0.05) is 29.8 Å². The van der Waals surface area contributed by atoms with Crippen molar-refractivity contribution in [2.75, 3.05) is 0 Å². The van der Waals surface area contributed by atoms with Gasteiger partial charge in [0.2, 0.25) is 0 Å². The number of aromatic amines is 1. The summed E-state index contributed by atoms with van der Waals surface area (Å²) in [6.07, 6.45) is 4.69. The minimum Gasteiger partial charge on any atom is -0.361 e. The Balaban J connectivity index is 2.51. The highest BCUT2D eigenvalue weighted by Crippen LogP contribution is 2.33. The maximum absolute atomic E-state index is 11.5. The molecule has 0 spiro atoms. The Hall–Kier alpha value is -1.83. The minimum atomic E-state index is 0.184. The largest absolute Gasteiger partial charge is 0.361 e. The summed E-state index contributed by atoms with van der Waals surface area (Å²) in [6.45, 7) is 5.78. The Morgan fingerprint density at radius 3 is 2.72 bits per heavy atom. The maximum Gasteiger partial charge on any atom is 0.130 e. The number of nitrogens with one attached hydrogen (secondary N) is 1. The highest BCUT2D eigenvalue weighted by atomic mass is 16.1. The van der Waals surface area contributed by atoms with Crippen LogP contribution < -0.4 is 0 Å². The van der Waals surface area contributed by atoms with Gasteiger partial charge in [-0.15, -0.1) is 0 Å². The van der Waals surface area contributed by atoms with Gasteiger partial charge < -0.3 is 4.98 Å². The van der Waals surface area contributed by atoms with E-state index >= 15 is 0 Å². The number of carbonyl (C=O) groups is 1. The van der Waals surface area contributed by atoms with E-state index < -0.39 is 0 Å². The van der Waals surface area contributed by atoms with Gasteiger partial charge in [0.25, 0.3) is 0 Å². The number of para-hydroxylation sites is 1. The second-order valence-corrected chi connectivity index (χ2v) is 4.78. The molecule has 0 aliphatic rings. The topological polar surface area (TPSA) is 32.9 Å². The number of rotatable bonds is 4. The maximum atomic E-state index is 11.5. The first-order chi connectivity index (χ1) is 8.63. The number of allylic oxidation sites excluding steroid dienone is 2. The molecule has 0 fully saturated rings. The Kier molecular flexibility index (Phi) is 3.66. The van der Waals surface area contributed by atoms with Crippen LogP contribution in [0.4, 0.5) is 0 Å². The zero-order chi connectivity index (χ0) is 13.1. The first kappa shape index (κ1) is 12.6. The SMILES string of the molecule is C/C=C(\C)[C@H](CC(C)=O)c1c[nH]c2ccccc12. The van der Waals surface area contributed by atoms with Crippen molar-refractivity contribution in [1.82, 2.24) is 4.98 Å². The van der Waals surface area contributed by atoms with E-state index in [1.807, 2.05) is 25.3 Å². The monoisotopic (exact) mass is 241 g/mol. The number of hydrogen-bond donors (Lipinski definition) is 1. The summed E-state index contributed by atoms with van der Waals surface area (Å²) < 4.78 is 0. The van der Waals surface area contributed by atoms with E-state index in [4.69, 9.17) is 0 Å². The fraction of sp³-hybridized carbons (Fsp3) is 0.312. The highest BCUT2D eigenvalue weighted by molar-refractivity contribution is 5.85. The lowest BCUT2D eigenvalue weighted by atomic mass is 9.87. The molecule has 2 aromatic rings. The van der Waals surface area contributed by atoms with Crippen molar-refractivity contribution in [3.63, 3.8) is 0 Å². The van der Waals surface area contributed by atoms with Crippen molar-refractivity contribution < 1.29 is 4.79 Å². The van der Waals surface area contributed by atoms with Gasteiger partial charge in [-0.25, -0.2) is 0 Å². The summed E-state index contributed by atoms with van der Waals surface area (Å²) in [5.74, 6) is 0.412. The average molecular weight is 241 g/mol. The van der Waals surface area contributed by atoms with E-state index in [1.165, 1.54) is 16.5 Å². The van der Waals surface area contributed by atoms with Gasteiger partial charge in [0.1, 0.15) is 5.78 Å². The zero-order valence-corrected chi connectivity index (χ0v) is 11.2. The third-order valence-corrected chi connectivity index (χ3v) is 3.49. The molecule has 0 amide bonds. The number of carbonyl (C=O) groups excluding carboxylic acids is 1. The Morgan fingerprint density at radius 1 is 1.33 bits per heavy atom. The van der Waals surface area contributed by atoms with Crippen LogP contribution in [0.3, 0.4) is 0 Å². The molecule has 0 bridgehead atoms. The van der Waals surface area contributed by atoms with E-state index in [9.17, 15) is 4.79 Å². The molecular weight excluding hydrogens is 222 g/mol. The summed E-state index contributed by atoms with van der Waals surface area (Å²) in [4.78, 5) is 14.8. The lowest BCUT2D eigenvalue weighted by Gasteiger charge is -2.15. The lowest BCUT2D eigenvalue weighted by molar-refractivity contribution is -0.117. The normalized spacial score (nSPS) is 13.8. The van der Waals surface area contributed by atoms with Crippen molar-refractivity contribution in [2.45, 2.75) is 33.1 Å². The van der Waals surface area contributed by atoms with Crippen LogP contribution in [0, 0.1) is 0 Å². The molecule has 94 valence electrons. The molecule has 2 heteroatoms. The van der Waals surface area contributed by atoms with E-state index in [1.54, 1.807) is 6.92 Å². The number of hydrogen-bond acceptors (Lipinski definition) is 1. The number of fused-ring (bicyclic) bond motifs is 1. The van der Waals surface area contributed by atoms with Gasteiger partial charge >= 0.3 is 0 Å². The third-order valence-electron chi connectivity index (χ3n) is 3.49. The molecule has 1 atom stereocenters. The molecule has 1 aromatic heterocycles. The summed E-state index contributed by atoms with van der Waals surface area (Å²) in [5, 5.41) is 1.21. The van der Waals surface area contributed by atoms with Gasteiger partial charge in [-0.2, -0.15) is 0 Å². The lowest BCUT2D eigenvalue weighted by Crippen LogP contribution is -2.05. The van der Waals surface area contributed by atoms with Crippen molar-refractivity contribution in [3.05, 3.63) is 47.7 Å². The number of aromatic nitrogens is 1. The molecule has 1 aromatic carbocycles. The van der Waals surface area contributed by atoms with Crippen molar-refractivity contribution in [3.8, 4) is 0 Å². The first-order valence-corrected chi connectivity index (χ1v) is 6.31. The molecule has 0 radical (unpaired) electrons. The Bertz CT molecular complexity index is 592. The van der Waals surface area contributed by atoms with Crippen molar-refractivity contribution in [1.29, 1.82) is 0 Å². The van der Waals surface area contributed by atoms with Gasteiger partial charge in [-0.3, -0.25) is 4.79 Å². The summed E-state index contributed by atoms with van der Waals surface area (Å²) in [7, 11) is 0. The van der Waals surface area contributed by atoms with Crippen LogP contribution >= 0.6 is 0 Å². The summed E-state index contributed by atoms with van der Waals surface area (Å²) in [5.41, 5.74) is 3.59. The second-order valence-electron chi connectivity index (χ2n) is 4.78. The van der Waals surface area contributed by atoms with Crippen molar-refractivity contribution >= 4 is 16.7 Å². The third kappa shape index (κ3) is 2.37. The van der Waals surface area contributed by atoms with Crippen LogP contribution in [-0.2, 0) is 4.79 Å². The van der Waals surface area contributed by atoms with Gasteiger partial charge in [0, 0.05) is 29.4 Å². The average Bonchev–Trinajstić information content (AvgIpc) is 2.78. The molecule has 1 heterocycles. The molecular formula is C16H19NO. The van der Waals surface area contributed by atoms with E-state index in [0.717, 1.165) is 5.52 Å².